The number of halogens is 1. The zero-order valence-electron chi connectivity index (χ0n) is 30.5. The van der Waals surface area contributed by atoms with E-state index < -0.39 is 17.1 Å². The molecule has 8 unspecified atom stereocenters. The number of carbonyl (C=O) groups is 2. The second-order valence-corrected chi connectivity index (χ2v) is 15.7. The Labute approximate surface area is 301 Å². The van der Waals surface area contributed by atoms with Gasteiger partial charge in [0.05, 0.1) is 17.5 Å². The van der Waals surface area contributed by atoms with E-state index in [1.165, 1.54) is 11.1 Å². The molecule has 0 spiro atoms. The Kier molecular flexibility index (Phi) is 14.2. The largest absolute Gasteiger partial charge is 0.491 e. The van der Waals surface area contributed by atoms with Crippen molar-refractivity contribution in [3.8, 4) is 5.75 Å². The van der Waals surface area contributed by atoms with Crippen molar-refractivity contribution in [2.45, 2.75) is 84.0 Å². The molecule has 49 heavy (non-hydrogen) atoms. The normalized spacial score (nSPS) is 28.2. The van der Waals surface area contributed by atoms with Crippen LogP contribution in [0.25, 0.3) is 0 Å². The van der Waals surface area contributed by atoms with E-state index in [0.29, 0.717) is 31.1 Å². The number of carbonyl (C=O) groups excluding carboxylic acids is 2. The van der Waals surface area contributed by atoms with E-state index in [0.717, 1.165) is 48.7 Å². The summed E-state index contributed by atoms with van der Waals surface area (Å²) in [5, 5.41) is 0.458. The van der Waals surface area contributed by atoms with Gasteiger partial charge in [-0.25, -0.2) is 4.21 Å². The fourth-order valence-electron chi connectivity index (χ4n) is 7.31. The Bertz CT molecular complexity index is 1500. The molecule has 2 aliphatic heterocycles. The van der Waals surface area contributed by atoms with Gasteiger partial charge in [-0.2, -0.15) is 0 Å². The number of amides is 2. The quantitative estimate of drug-likeness (QED) is 0.314. The van der Waals surface area contributed by atoms with Crippen molar-refractivity contribution in [2.24, 2.45) is 23.7 Å². The molecule has 5 rings (SSSR count). The molecular weight excluding hydrogens is 658 g/mol. The first-order chi connectivity index (χ1) is 23.5. The number of nitrogens with zero attached hydrogens (tertiary/aromatic N) is 2. The smallest absolute Gasteiger partial charge is 0.263 e. The fraction of sp³-hybridized carbons (Fsp3) is 0.590. The third kappa shape index (κ3) is 9.08. The Morgan fingerprint density at radius 2 is 1.90 bits per heavy atom. The number of allylic oxidation sites excluding steroid dienone is 1. The van der Waals surface area contributed by atoms with Crippen LogP contribution in [0.4, 0.5) is 5.69 Å². The molecule has 1 fully saturated rings. The van der Waals surface area contributed by atoms with Crippen molar-refractivity contribution < 1.29 is 23.3 Å². The summed E-state index contributed by atoms with van der Waals surface area (Å²) in [7, 11) is 3.59. The standard InChI is InChI=1S/C37H50ClN3O5S.C2H6/c1-7-9-25-18-29(38)14-16-30(25)28-21-41-20-27-12-15-31(27)32(35(45-6)37(43)40(4)5)11-8-10-23(2)24(3)47(44)39-36(42)26-13-17-34(46-22-28)33(41)19-26;1-2/h8,11,13-14,16-19,23-24,27-28,31-32,35H,7,9-10,12,15,20-22H2,1-6H3,(H,39,42);1-2H3/b11-8+;. The van der Waals surface area contributed by atoms with Crippen molar-refractivity contribution >= 4 is 40.1 Å². The zero-order valence-corrected chi connectivity index (χ0v) is 32.1. The maximum Gasteiger partial charge on any atom is 0.263 e. The third-order valence-corrected chi connectivity index (χ3v) is 12.2. The molecule has 3 aliphatic rings. The van der Waals surface area contributed by atoms with Gasteiger partial charge >= 0.3 is 0 Å². The number of methoxy groups -OCH3 is 1. The van der Waals surface area contributed by atoms with Crippen LogP contribution in [0.3, 0.4) is 0 Å². The number of ether oxygens (including phenoxy) is 2. The molecule has 2 heterocycles. The summed E-state index contributed by atoms with van der Waals surface area (Å²) in [6.45, 7) is 12.1. The summed E-state index contributed by atoms with van der Waals surface area (Å²) >= 11 is 6.44. The van der Waals surface area contributed by atoms with Gasteiger partial charge in [0.25, 0.3) is 11.8 Å². The van der Waals surface area contributed by atoms with E-state index in [2.05, 4.69) is 40.8 Å². The van der Waals surface area contributed by atoms with Crippen LogP contribution >= 0.6 is 11.6 Å². The Morgan fingerprint density at radius 3 is 2.55 bits per heavy atom. The summed E-state index contributed by atoms with van der Waals surface area (Å²) < 4.78 is 28.5. The fourth-order valence-corrected chi connectivity index (χ4v) is 8.52. The van der Waals surface area contributed by atoms with Crippen molar-refractivity contribution in [2.75, 3.05) is 45.8 Å². The van der Waals surface area contributed by atoms with Crippen LogP contribution in [-0.2, 0) is 26.9 Å². The van der Waals surface area contributed by atoms with Crippen molar-refractivity contribution in [1.82, 2.24) is 9.62 Å². The second kappa shape index (κ2) is 17.9. The van der Waals surface area contributed by atoms with Gasteiger partial charge in [-0.05, 0) is 91.8 Å². The Hall–Kier alpha value is -2.88. The number of fused-ring (bicyclic) bond motifs is 2. The maximum atomic E-state index is 13.4. The highest BCUT2D eigenvalue weighted by atomic mass is 35.5. The first-order valence-corrected chi connectivity index (χ1v) is 19.5. The summed E-state index contributed by atoms with van der Waals surface area (Å²) in [4.78, 5) is 30.8. The second-order valence-electron chi connectivity index (χ2n) is 13.7. The molecule has 270 valence electrons. The topological polar surface area (TPSA) is 88.2 Å². The summed E-state index contributed by atoms with van der Waals surface area (Å²) in [5.41, 5.74) is 3.77. The lowest BCUT2D eigenvalue weighted by Crippen LogP contribution is -2.49. The average Bonchev–Trinajstić information content (AvgIpc) is 3.26. The van der Waals surface area contributed by atoms with E-state index in [-0.39, 0.29) is 40.7 Å². The molecule has 8 nitrogen and oxygen atoms in total. The molecule has 1 saturated carbocycles. The Balaban J connectivity index is 0.00000265. The number of likely N-dealkylation sites (N-methyl/N-ethyl adjacent to an activating group) is 1. The molecule has 2 aromatic carbocycles. The molecule has 2 bridgehead atoms. The molecule has 0 radical (unpaired) electrons. The van der Waals surface area contributed by atoms with Crippen LogP contribution in [0.15, 0.2) is 48.6 Å². The van der Waals surface area contributed by atoms with E-state index in [1.54, 1.807) is 32.2 Å². The zero-order chi connectivity index (χ0) is 35.8. The minimum absolute atomic E-state index is 0.0435. The highest BCUT2D eigenvalue weighted by Gasteiger charge is 2.43. The van der Waals surface area contributed by atoms with Crippen molar-refractivity contribution in [1.29, 1.82) is 0 Å². The number of nitrogens with one attached hydrogen (secondary N) is 1. The van der Waals surface area contributed by atoms with Gasteiger partial charge < -0.3 is 19.3 Å². The molecule has 1 N–H and O–H groups in total. The van der Waals surface area contributed by atoms with Crippen LogP contribution in [0.2, 0.25) is 5.02 Å². The van der Waals surface area contributed by atoms with E-state index in [9.17, 15) is 13.8 Å². The number of benzene rings is 2. The van der Waals surface area contributed by atoms with Gasteiger partial charge in [-0.15, -0.1) is 0 Å². The van der Waals surface area contributed by atoms with Crippen molar-refractivity contribution in [3.05, 3.63) is 70.3 Å². The summed E-state index contributed by atoms with van der Waals surface area (Å²) in [6.07, 6.45) is 8.32. The number of hydrogen-bond acceptors (Lipinski definition) is 6. The van der Waals surface area contributed by atoms with Crippen LogP contribution in [0, 0.1) is 23.7 Å². The van der Waals surface area contributed by atoms with Gasteiger partial charge in [-0.3, -0.25) is 14.3 Å². The van der Waals surface area contributed by atoms with Crippen LogP contribution in [-0.4, -0.2) is 73.2 Å². The van der Waals surface area contributed by atoms with Gasteiger partial charge in [0.1, 0.15) is 22.8 Å². The lowest BCUT2D eigenvalue weighted by atomic mass is 9.64. The first-order valence-electron chi connectivity index (χ1n) is 17.9. The lowest BCUT2D eigenvalue weighted by Gasteiger charge is -2.46. The monoisotopic (exact) mass is 713 g/mol. The number of rotatable bonds is 6. The molecule has 0 saturated heterocycles. The minimum atomic E-state index is -1.58. The summed E-state index contributed by atoms with van der Waals surface area (Å²) in [6, 6.07) is 11.7. The SMILES string of the molecule is CC.CCCc1cc(Cl)ccc1C1COc2ccc3cc2N(C1)CC1CCC1C(C(OC)C(=O)N(C)C)/C=C/CC(C)C(C)S(=O)NC3=O. The molecular formula is C39H56ClN3O5S. The molecule has 2 aromatic rings. The number of hydrogen-bond donors (Lipinski definition) is 1. The molecule has 1 aliphatic carbocycles. The van der Waals surface area contributed by atoms with Gasteiger partial charge in [-0.1, -0.05) is 63.9 Å². The lowest BCUT2D eigenvalue weighted by molar-refractivity contribution is -0.144. The molecule has 8 atom stereocenters. The summed E-state index contributed by atoms with van der Waals surface area (Å²) in [5.74, 6) is 0.880. The number of anilines is 1. The highest BCUT2D eigenvalue weighted by molar-refractivity contribution is 7.84. The van der Waals surface area contributed by atoms with E-state index in [4.69, 9.17) is 21.1 Å². The first kappa shape index (κ1) is 38.9. The van der Waals surface area contributed by atoms with Crippen LogP contribution < -0.4 is 14.4 Å². The van der Waals surface area contributed by atoms with Gasteiger partial charge in [0, 0.05) is 56.7 Å². The molecule has 0 aromatic heterocycles. The van der Waals surface area contributed by atoms with Crippen molar-refractivity contribution in [3.63, 3.8) is 0 Å². The van der Waals surface area contributed by atoms with Crippen LogP contribution in [0.1, 0.15) is 87.7 Å². The average molecular weight is 714 g/mol. The van der Waals surface area contributed by atoms with E-state index in [1.807, 2.05) is 45.9 Å². The Morgan fingerprint density at radius 1 is 1.14 bits per heavy atom. The maximum absolute atomic E-state index is 13.4. The minimum Gasteiger partial charge on any atom is -0.491 e. The molecule has 2 amide bonds. The highest BCUT2D eigenvalue weighted by Crippen LogP contribution is 2.45. The van der Waals surface area contributed by atoms with Crippen LogP contribution in [0.5, 0.6) is 5.75 Å². The number of aryl methyl sites for hydroxylation is 1. The third-order valence-electron chi connectivity index (χ3n) is 10.4. The molecule has 10 heteroatoms. The predicted molar refractivity (Wildman–Crippen MR) is 201 cm³/mol. The predicted octanol–water partition coefficient (Wildman–Crippen LogP) is 7.42. The van der Waals surface area contributed by atoms with Gasteiger partial charge in [0.15, 0.2) is 0 Å². The van der Waals surface area contributed by atoms with E-state index >= 15 is 0 Å². The van der Waals surface area contributed by atoms with Gasteiger partial charge in [0.2, 0.25) is 0 Å².